The Hall–Kier alpha value is -1.91. The predicted molar refractivity (Wildman–Crippen MR) is 85.5 cm³/mol. The molecular weight excluding hydrogens is 266 g/mol. The Morgan fingerprint density at radius 2 is 1.90 bits per heavy atom. The number of nitrogens with one attached hydrogen (secondary N) is 1. The minimum absolute atomic E-state index is 0.168. The highest BCUT2D eigenvalue weighted by atomic mass is 16.6. The number of hydrogen-bond donors (Lipinski definition) is 2. The molecule has 0 unspecified atom stereocenters. The van der Waals surface area contributed by atoms with Crippen molar-refractivity contribution in [3.63, 3.8) is 0 Å². The molecule has 2 rings (SSSR count). The lowest BCUT2D eigenvalue weighted by Crippen LogP contribution is -2.46. The van der Waals surface area contributed by atoms with Gasteiger partial charge in [0.05, 0.1) is 11.4 Å². The Morgan fingerprint density at radius 1 is 1.29 bits per heavy atom. The standard InChI is InChI=1S/C16H25N3O2/c1-16(2,3)21-15(20)18-12-8-10-19(11-9-12)14-7-5-4-6-13(14)17/h4-7,12H,8-11,17H2,1-3H3,(H,18,20). The number of piperidine rings is 1. The van der Waals surface area contributed by atoms with Crippen molar-refractivity contribution >= 4 is 17.5 Å². The molecule has 3 N–H and O–H groups in total. The van der Waals surface area contributed by atoms with E-state index in [1.54, 1.807) is 0 Å². The Bertz CT molecular complexity index is 489. The molecule has 1 amide bonds. The summed E-state index contributed by atoms with van der Waals surface area (Å²) in [6.07, 6.45) is 1.46. The van der Waals surface area contributed by atoms with E-state index in [0.29, 0.717) is 0 Å². The van der Waals surface area contributed by atoms with Gasteiger partial charge in [-0.3, -0.25) is 0 Å². The number of hydrogen-bond acceptors (Lipinski definition) is 4. The molecule has 0 aliphatic carbocycles. The number of para-hydroxylation sites is 2. The zero-order chi connectivity index (χ0) is 15.5. The van der Waals surface area contributed by atoms with Crippen LogP contribution in [0.2, 0.25) is 0 Å². The molecule has 1 aliphatic heterocycles. The summed E-state index contributed by atoms with van der Waals surface area (Å²) >= 11 is 0. The average Bonchev–Trinajstić information content (AvgIpc) is 2.38. The first-order valence-corrected chi connectivity index (χ1v) is 7.44. The first-order valence-electron chi connectivity index (χ1n) is 7.44. The number of carbonyl (C=O) groups excluding carboxylic acids is 1. The van der Waals surface area contributed by atoms with Crippen LogP contribution in [0.15, 0.2) is 24.3 Å². The molecule has 1 fully saturated rings. The van der Waals surface area contributed by atoms with Crippen molar-refractivity contribution in [2.45, 2.75) is 45.3 Å². The third kappa shape index (κ3) is 4.55. The summed E-state index contributed by atoms with van der Waals surface area (Å²) in [5.41, 5.74) is 7.43. The van der Waals surface area contributed by atoms with E-state index in [-0.39, 0.29) is 12.1 Å². The van der Waals surface area contributed by atoms with Crippen LogP contribution in [-0.2, 0) is 4.74 Å². The summed E-state index contributed by atoms with van der Waals surface area (Å²) in [6, 6.07) is 8.06. The van der Waals surface area contributed by atoms with Gasteiger partial charge >= 0.3 is 6.09 Å². The zero-order valence-corrected chi connectivity index (χ0v) is 13.1. The molecule has 1 aromatic rings. The number of ether oxygens (including phenoxy) is 1. The van der Waals surface area contributed by atoms with Gasteiger partial charge in [-0.1, -0.05) is 12.1 Å². The van der Waals surface area contributed by atoms with Crippen LogP contribution in [-0.4, -0.2) is 30.8 Å². The SMILES string of the molecule is CC(C)(C)OC(=O)NC1CCN(c2ccccc2N)CC1. The lowest BCUT2D eigenvalue weighted by molar-refractivity contribution is 0.0497. The van der Waals surface area contributed by atoms with Gasteiger partial charge in [0.15, 0.2) is 0 Å². The molecule has 0 radical (unpaired) electrons. The smallest absolute Gasteiger partial charge is 0.407 e. The fourth-order valence-corrected chi connectivity index (χ4v) is 2.51. The number of carbonyl (C=O) groups is 1. The van der Waals surface area contributed by atoms with Crippen LogP contribution in [0.5, 0.6) is 0 Å². The maximum atomic E-state index is 11.8. The minimum Gasteiger partial charge on any atom is -0.444 e. The van der Waals surface area contributed by atoms with Crippen LogP contribution in [0, 0.1) is 0 Å². The number of rotatable bonds is 2. The van der Waals surface area contributed by atoms with Crippen LogP contribution < -0.4 is 16.0 Å². The zero-order valence-electron chi connectivity index (χ0n) is 13.1. The molecule has 21 heavy (non-hydrogen) atoms. The van der Waals surface area contributed by atoms with Crippen LogP contribution in [0.3, 0.4) is 0 Å². The number of nitrogens with two attached hydrogens (primary N) is 1. The molecule has 5 nitrogen and oxygen atoms in total. The molecule has 116 valence electrons. The van der Waals surface area contributed by atoms with Crippen LogP contribution in [0.25, 0.3) is 0 Å². The van der Waals surface area contributed by atoms with Crippen molar-refractivity contribution < 1.29 is 9.53 Å². The van der Waals surface area contributed by atoms with E-state index < -0.39 is 5.60 Å². The molecule has 0 aromatic heterocycles. The quantitative estimate of drug-likeness (QED) is 0.822. The summed E-state index contributed by atoms with van der Waals surface area (Å²) in [5.74, 6) is 0. The van der Waals surface area contributed by atoms with E-state index in [9.17, 15) is 4.79 Å². The predicted octanol–water partition coefficient (Wildman–Crippen LogP) is 2.76. The number of anilines is 2. The molecule has 0 saturated carbocycles. The summed E-state index contributed by atoms with van der Waals surface area (Å²) < 4.78 is 5.29. The maximum absolute atomic E-state index is 11.8. The number of alkyl carbamates (subject to hydrolysis) is 1. The van der Waals surface area contributed by atoms with Crippen molar-refractivity contribution in [1.82, 2.24) is 5.32 Å². The van der Waals surface area contributed by atoms with Crippen molar-refractivity contribution in [3.8, 4) is 0 Å². The fourth-order valence-electron chi connectivity index (χ4n) is 2.51. The Morgan fingerprint density at radius 3 is 2.48 bits per heavy atom. The number of amides is 1. The molecule has 0 bridgehead atoms. The minimum atomic E-state index is -0.455. The van der Waals surface area contributed by atoms with Gasteiger partial charge in [0.25, 0.3) is 0 Å². The molecule has 5 heteroatoms. The van der Waals surface area contributed by atoms with Gasteiger partial charge in [-0.25, -0.2) is 4.79 Å². The highest BCUT2D eigenvalue weighted by Gasteiger charge is 2.24. The van der Waals surface area contributed by atoms with E-state index >= 15 is 0 Å². The van der Waals surface area contributed by atoms with Gasteiger partial charge in [-0.15, -0.1) is 0 Å². The Labute approximate surface area is 126 Å². The first kappa shape index (κ1) is 15.5. The van der Waals surface area contributed by atoms with E-state index in [4.69, 9.17) is 10.5 Å². The molecule has 1 aromatic carbocycles. The van der Waals surface area contributed by atoms with Crippen LogP contribution in [0.4, 0.5) is 16.2 Å². The van der Waals surface area contributed by atoms with Gasteiger partial charge in [0.2, 0.25) is 0 Å². The molecule has 1 saturated heterocycles. The fraction of sp³-hybridized carbons (Fsp3) is 0.562. The van der Waals surface area contributed by atoms with Gasteiger partial charge in [-0.2, -0.15) is 0 Å². The second-order valence-electron chi connectivity index (χ2n) is 6.47. The Kier molecular flexibility index (Phi) is 4.60. The Balaban J connectivity index is 1.84. The van der Waals surface area contributed by atoms with Gasteiger partial charge in [0, 0.05) is 19.1 Å². The van der Waals surface area contributed by atoms with Crippen LogP contribution >= 0.6 is 0 Å². The summed E-state index contributed by atoms with van der Waals surface area (Å²) in [7, 11) is 0. The lowest BCUT2D eigenvalue weighted by Gasteiger charge is -2.34. The van der Waals surface area contributed by atoms with Crippen molar-refractivity contribution in [3.05, 3.63) is 24.3 Å². The van der Waals surface area contributed by atoms with Crippen LogP contribution in [0.1, 0.15) is 33.6 Å². The second kappa shape index (κ2) is 6.24. The van der Waals surface area contributed by atoms with Gasteiger partial charge < -0.3 is 20.7 Å². The third-order valence-corrected chi connectivity index (χ3v) is 3.49. The van der Waals surface area contributed by atoms with Crippen molar-refractivity contribution in [1.29, 1.82) is 0 Å². The molecule has 1 heterocycles. The molecular formula is C16H25N3O2. The monoisotopic (exact) mass is 291 g/mol. The number of nitrogen functional groups attached to an aromatic ring is 1. The summed E-state index contributed by atoms with van der Waals surface area (Å²) in [6.45, 7) is 7.37. The lowest BCUT2D eigenvalue weighted by atomic mass is 10.0. The first-order chi connectivity index (χ1) is 9.85. The second-order valence-corrected chi connectivity index (χ2v) is 6.47. The highest BCUT2D eigenvalue weighted by Crippen LogP contribution is 2.25. The summed E-state index contributed by atoms with van der Waals surface area (Å²) in [4.78, 5) is 14.0. The summed E-state index contributed by atoms with van der Waals surface area (Å²) in [5, 5.41) is 2.94. The van der Waals surface area contributed by atoms with Gasteiger partial charge in [0.1, 0.15) is 5.60 Å². The van der Waals surface area contributed by atoms with E-state index in [0.717, 1.165) is 37.3 Å². The van der Waals surface area contributed by atoms with Crippen molar-refractivity contribution in [2.24, 2.45) is 0 Å². The highest BCUT2D eigenvalue weighted by molar-refractivity contribution is 5.69. The molecule has 0 spiro atoms. The van der Waals surface area contributed by atoms with Crippen molar-refractivity contribution in [2.75, 3.05) is 23.7 Å². The number of benzene rings is 1. The molecule has 1 aliphatic rings. The third-order valence-electron chi connectivity index (χ3n) is 3.49. The van der Waals surface area contributed by atoms with Gasteiger partial charge in [-0.05, 0) is 45.7 Å². The maximum Gasteiger partial charge on any atom is 0.407 e. The van der Waals surface area contributed by atoms with E-state index in [2.05, 4.69) is 10.2 Å². The largest absolute Gasteiger partial charge is 0.444 e. The topological polar surface area (TPSA) is 67.6 Å². The molecule has 0 atom stereocenters. The normalized spacial score (nSPS) is 16.6. The number of nitrogens with zero attached hydrogens (tertiary/aromatic N) is 1. The average molecular weight is 291 g/mol. The van der Waals surface area contributed by atoms with E-state index in [1.165, 1.54) is 0 Å². The van der Waals surface area contributed by atoms with E-state index in [1.807, 2.05) is 45.0 Å².